The molecule has 24 heavy (non-hydrogen) atoms. The van der Waals surface area contributed by atoms with E-state index in [9.17, 15) is 0 Å². The lowest BCUT2D eigenvalue weighted by atomic mass is 10.1. The first-order chi connectivity index (χ1) is 11.8. The highest BCUT2D eigenvalue weighted by molar-refractivity contribution is 5.39. The molecule has 5 nitrogen and oxygen atoms in total. The van der Waals surface area contributed by atoms with E-state index in [1.165, 1.54) is 0 Å². The highest BCUT2D eigenvalue weighted by Gasteiger charge is 2.22. The van der Waals surface area contributed by atoms with Crippen LogP contribution in [0.3, 0.4) is 0 Å². The molecular formula is C19H22N2O3. The van der Waals surface area contributed by atoms with Crippen LogP contribution in [-0.4, -0.2) is 30.7 Å². The molecule has 2 aromatic rings. The van der Waals surface area contributed by atoms with E-state index in [1.54, 1.807) is 6.07 Å². The fourth-order valence-electron chi connectivity index (χ4n) is 2.93. The van der Waals surface area contributed by atoms with Gasteiger partial charge in [0, 0.05) is 13.1 Å². The molecule has 0 spiro atoms. The third-order valence-electron chi connectivity index (χ3n) is 4.13. The van der Waals surface area contributed by atoms with Gasteiger partial charge >= 0.3 is 0 Å². The van der Waals surface area contributed by atoms with Gasteiger partial charge in [-0.3, -0.25) is 4.90 Å². The first kappa shape index (κ1) is 16.4. The van der Waals surface area contributed by atoms with Crippen molar-refractivity contribution in [2.24, 2.45) is 0 Å². The molecule has 2 heterocycles. The predicted molar refractivity (Wildman–Crippen MR) is 90.0 cm³/mol. The quantitative estimate of drug-likeness (QED) is 0.812. The number of hydrogen-bond acceptors (Lipinski definition) is 5. The molecule has 0 unspecified atom stereocenters. The first-order valence-corrected chi connectivity index (χ1v) is 8.38. The Bertz CT molecular complexity index is 697. The summed E-state index contributed by atoms with van der Waals surface area (Å²) < 4.78 is 17.2. The summed E-state index contributed by atoms with van der Waals surface area (Å²) in [6, 6.07) is 13.4. The Labute approximate surface area is 142 Å². The summed E-state index contributed by atoms with van der Waals surface area (Å²) in [5.74, 6) is 2.84. The zero-order valence-corrected chi connectivity index (χ0v) is 13.9. The molecular weight excluding hydrogens is 304 g/mol. The molecule has 0 N–H and O–H groups in total. The summed E-state index contributed by atoms with van der Waals surface area (Å²) in [5, 5.41) is 8.81. The number of para-hydroxylation sites is 2. The van der Waals surface area contributed by atoms with Crippen LogP contribution in [0.15, 0.2) is 40.8 Å². The van der Waals surface area contributed by atoms with Crippen molar-refractivity contribution in [1.82, 2.24) is 4.90 Å². The lowest BCUT2D eigenvalue weighted by Gasteiger charge is -2.31. The molecule has 1 aromatic heterocycles. The SMILES string of the molecule is CCOc1ccccc1OC1CCN(Cc2ccc(C#N)o2)CC1. The molecule has 0 amide bonds. The first-order valence-electron chi connectivity index (χ1n) is 8.38. The summed E-state index contributed by atoms with van der Waals surface area (Å²) in [4.78, 5) is 2.33. The van der Waals surface area contributed by atoms with Crippen LogP contribution in [0, 0.1) is 11.3 Å². The fourth-order valence-corrected chi connectivity index (χ4v) is 2.93. The molecule has 1 fully saturated rings. The maximum Gasteiger partial charge on any atom is 0.203 e. The van der Waals surface area contributed by atoms with Crippen molar-refractivity contribution in [3.8, 4) is 17.6 Å². The minimum Gasteiger partial charge on any atom is -0.490 e. The van der Waals surface area contributed by atoms with Crippen molar-refractivity contribution < 1.29 is 13.9 Å². The van der Waals surface area contributed by atoms with Crippen molar-refractivity contribution in [2.75, 3.05) is 19.7 Å². The molecule has 1 saturated heterocycles. The lowest BCUT2D eigenvalue weighted by molar-refractivity contribution is 0.0899. The van der Waals surface area contributed by atoms with Crippen LogP contribution < -0.4 is 9.47 Å². The number of ether oxygens (including phenoxy) is 2. The maximum atomic E-state index is 8.81. The van der Waals surface area contributed by atoms with E-state index < -0.39 is 0 Å². The van der Waals surface area contributed by atoms with Gasteiger partial charge in [0.15, 0.2) is 11.5 Å². The summed E-state index contributed by atoms with van der Waals surface area (Å²) in [5.41, 5.74) is 0. The molecule has 1 aliphatic heterocycles. The number of likely N-dealkylation sites (tertiary alicyclic amines) is 1. The van der Waals surface area contributed by atoms with E-state index in [0.717, 1.165) is 49.7 Å². The minimum absolute atomic E-state index is 0.203. The highest BCUT2D eigenvalue weighted by Crippen LogP contribution is 2.29. The van der Waals surface area contributed by atoms with Crippen molar-refractivity contribution in [2.45, 2.75) is 32.4 Å². The summed E-state index contributed by atoms with van der Waals surface area (Å²) in [6.07, 6.45) is 2.13. The minimum atomic E-state index is 0.203. The lowest BCUT2D eigenvalue weighted by Crippen LogP contribution is -2.37. The third kappa shape index (κ3) is 4.09. The largest absolute Gasteiger partial charge is 0.490 e. The average molecular weight is 326 g/mol. The number of rotatable bonds is 6. The van der Waals surface area contributed by atoms with Gasteiger partial charge in [0.1, 0.15) is 17.9 Å². The van der Waals surface area contributed by atoms with Gasteiger partial charge < -0.3 is 13.9 Å². The van der Waals surface area contributed by atoms with Gasteiger partial charge in [-0.1, -0.05) is 12.1 Å². The van der Waals surface area contributed by atoms with E-state index in [1.807, 2.05) is 43.3 Å². The van der Waals surface area contributed by atoms with Crippen LogP contribution in [0.25, 0.3) is 0 Å². The van der Waals surface area contributed by atoms with Crippen LogP contribution in [0.5, 0.6) is 11.5 Å². The zero-order chi connectivity index (χ0) is 16.8. The van der Waals surface area contributed by atoms with Crippen molar-refractivity contribution in [3.05, 3.63) is 47.9 Å². The van der Waals surface area contributed by atoms with Gasteiger partial charge in [-0.15, -0.1) is 0 Å². The maximum absolute atomic E-state index is 8.81. The van der Waals surface area contributed by atoms with E-state index in [2.05, 4.69) is 4.90 Å². The highest BCUT2D eigenvalue weighted by atomic mass is 16.5. The van der Waals surface area contributed by atoms with Gasteiger partial charge in [0.05, 0.1) is 13.2 Å². The van der Waals surface area contributed by atoms with Gasteiger partial charge in [0.2, 0.25) is 5.76 Å². The Morgan fingerprint density at radius 2 is 1.92 bits per heavy atom. The molecule has 5 heteroatoms. The van der Waals surface area contributed by atoms with Gasteiger partial charge in [-0.05, 0) is 44.0 Å². The topological polar surface area (TPSA) is 58.6 Å². The van der Waals surface area contributed by atoms with E-state index >= 15 is 0 Å². The molecule has 126 valence electrons. The van der Waals surface area contributed by atoms with Crippen LogP contribution in [0.4, 0.5) is 0 Å². The van der Waals surface area contributed by atoms with Gasteiger partial charge in [0.25, 0.3) is 0 Å². The second-order valence-electron chi connectivity index (χ2n) is 5.85. The van der Waals surface area contributed by atoms with E-state index in [-0.39, 0.29) is 6.10 Å². The molecule has 0 atom stereocenters. The predicted octanol–water partition coefficient (Wildman–Crippen LogP) is 3.59. The summed E-state index contributed by atoms with van der Waals surface area (Å²) in [6.45, 7) is 5.24. The number of benzene rings is 1. The van der Waals surface area contributed by atoms with Gasteiger partial charge in [-0.2, -0.15) is 5.26 Å². The number of piperidine rings is 1. The number of hydrogen-bond donors (Lipinski definition) is 0. The molecule has 3 rings (SSSR count). The second kappa shape index (κ2) is 7.89. The molecule has 0 saturated carbocycles. The Kier molecular flexibility index (Phi) is 5.39. The van der Waals surface area contributed by atoms with E-state index in [4.69, 9.17) is 19.2 Å². The molecule has 1 aliphatic rings. The van der Waals surface area contributed by atoms with E-state index in [0.29, 0.717) is 12.4 Å². The number of furan rings is 1. The van der Waals surface area contributed by atoms with Crippen LogP contribution in [-0.2, 0) is 6.54 Å². The smallest absolute Gasteiger partial charge is 0.203 e. The number of nitrogens with zero attached hydrogens (tertiary/aromatic N) is 2. The van der Waals surface area contributed by atoms with Crippen LogP contribution >= 0.6 is 0 Å². The van der Waals surface area contributed by atoms with Crippen LogP contribution in [0.1, 0.15) is 31.3 Å². The van der Waals surface area contributed by atoms with Crippen molar-refractivity contribution >= 4 is 0 Å². The van der Waals surface area contributed by atoms with Crippen molar-refractivity contribution in [3.63, 3.8) is 0 Å². The Balaban J connectivity index is 1.51. The zero-order valence-electron chi connectivity index (χ0n) is 13.9. The standard InChI is InChI=1S/C19H22N2O3/c1-2-22-18-5-3-4-6-19(18)24-15-9-11-21(12-10-15)14-17-8-7-16(13-20)23-17/h3-8,15H,2,9-12,14H2,1H3. The fraction of sp³-hybridized carbons (Fsp3) is 0.421. The molecule has 0 radical (unpaired) electrons. The third-order valence-corrected chi connectivity index (χ3v) is 4.13. The molecule has 1 aromatic carbocycles. The number of nitriles is 1. The Hall–Kier alpha value is -2.45. The van der Waals surface area contributed by atoms with Crippen LogP contribution in [0.2, 0.25) is 0 Å². The molecule has 0 bridgehead atoms. The normalized spacial score (nSPS) is 15.8. The second-order valence-corrected chi connectivity index (χ2v) is 5.85. The monoisotopic (exact) mass is 326 g/mol. The van der Waals surface area contributed by atoms with Crippen molar-refractivity contribution in [1.29, 1.82) is 5.26 Å². The summed E-state index contributed by atoms with van der Waals surface area (Å²) in [7, 11) is 0. The molecule has 0 aliphatic carbocycles. The summed E-state index contributed by atoms with van der Waals surface area (Å²) >= 11 is 0. The van der Waals surface area contributed by atoms with Gasteiger partial charge in [-0.25, -0.2) is 0 Å². The Morgan fingerprint density at radius 1 is 1.17 bits per heavy atom. The average Bonchev–Trinajstić information content (AvgIpc) is 3.06. The Morgan fingerprint density at radius 3 is 2.58 bits per heavy atom.